The Labute approximate surface area is 278 Å². The van der Waals surface area contributed by atoms with Crippen LogP contribution in [0.25, 0.3) is 88.1 Å². The highest BCUT2D eigenvalue weighted by Gasteiger charge is 2.22. The van der Waals surface area contributed by atoms with Crippen LogP contribution in [0.3, 0.4) is 0 Å². The fraction of sp³-hybridized carbons (Fsp3) is 0.0455. The second kappa shape index (κ2) is 11.2. The van der Waals surface area contributed by atoms with E-state index in [0.717, 1.165) is 66.6 Å². The van der Waals surface area contributed by atoms with Crippen molar-refractivity contribution in [2.45, 2.75) is 13.8 Å². The van der Waals surface area contributed by atoms with Gasteiger partial charge in [0.05, 0.1) is 22.4 Å². The van der Waals surface area contributed by atoms with Crippen molar-refractivity contribution in [2.75, 3.05) is 0 Å². The van der Waals surface area contributed by atoms with Crippen molar-refractivity contribution in [1.29, 1.82) is 0 Å². The Hall–Kier alpha value is -6.26. The van der Waals surface area contributed by atoms with E-state index < -0.39 is 0 Å². The van der Waals surface area contributed by atoms with Gasteiger partial charge in [-0.1, -0.05) is 84.9 Å². The third kappa shape index (κ3) is 4.45. The molecule has 4 heterocycles. The summed E-state index contributed by atoms with van der Waals surface area (Å²) in [6.45, 7) is 4.52. The number of para-hydroxylation sites is 2. The number of aromatic nitrogens is 4. The van der Waals surface area contributed by atoms with Crippen LogP contribution < -0.4 is 0 Å². The van der Waals surface area contributed by atoms with E-state index in [9.17, 15) is 0 Å². The van der Waals surface area contributed by atoms with Gasteiger partial charge in [-0.2, -0.15) is 0 Å². The number of nitrogens with zero attached hydrogens (tertiary/aromatic N) is 4. The Bertz CT molecular complexity index is 2490. The molecule has 0 aliphatic carbocycles. The summed E-state index contributed by atoms with van der Waals surface area (Å²) in [5, 5.41) is 7.07. The van der Waals surface area contributed by atoms with Crippen LogP contribution in [0.4, 0.5) is 0 Å². The van der Waals surface area contributed by atoms with Gasteiger partial charge >= 0.3 is 0 Å². The molecule has 0 fully saturated rings. The molecule has 0 spiro atoms. The third-order valence-electron chi connectivity index (χ3n) is 9.55. The zero-order valence-electron chi connectivity index (χ0n) is 26.6. The Morgan fingerprint density at radius 3 is 1.23 bits per heavy atom. The van der Waals surface area contributed by atoms with Crippen molar-refractivity contribution in [1.82, 2.24) is 19.9 Å². The first-order chi connectivity index (χ1) is 23.7. The summed E-state index contributed by atoms with van der Waals surface area (Å²) in [5.41, 5.74) is 12.9. The van der Waals surface area contributed by atoms with E-state index in [0.29, 0.717) is 0 Å². The zero-order valence-corrected chi connectivity index (χ0v) is 26.6. The summed E-state index contributed by atoms with van der Waals surface area (Å²) in [4.78, 5) is 19.5. The molecule has 0 amide bonds. The molecule has 5 aromatic carbocycles. The molecule has 0 aliphatic heterocycles. The lowest BCUT2D eigenvalue weighted by atomic mass is 9.85. The molecule has 0 N–H and O–H groups in total. The minimum Gasteiger partial charge on any atom is -0.264 e. The van der Waals surface area contributed by atoms with Crippen LogP contribution in [0.2, 0.25) is 0 Å². The van der Waals surface area contributed by atoms with Gasteiger partial charge in [0.2, 0.25) is 0 Å². The molecule has 9 aromatic rings. The number of fused-ring (bicyclic) bond motifs is 6. The largest absolute Gasteiger partial charge is 0.264 e. The van der Waals surface area contributed by atoms with Gasteiger partial charge in [-0.05, 0) is 83.3 Å². The highest BCUT2D eigenvalue weighted by atomic mass is 14.7. The number of rotatable bonds is 4. The molecule has 0 bridgehead atoms. The minimum absolute atomic E-state index is 0.975. The number of benzene rings is 5. The topological polar surface area (TPSA) is 51.6 Å². The molecule has 4 heteroatoms. The maximum absolute atomic E-state index is 5.39. The van der Waals surface area contributed by atoms with Gasteiger partial charge in [-0.25, -0.2) is 9.97 Å². The minimum atomic E-state index is 0.975. The first kappa shape index (κ1) is 28.0. The molecular weight excluding hydrogens is 585 g/mol. The van der Waals surface area contributed by atoms with Crippen LogP contribution in [-0.4, -0.2) is 19.9 Å². The van der Waals surface area contributed by atoms with E-state index in [1.54, 1.807) is 0 Å². The molecule has 0 saturated carbocycles. The summed E-state index contributed by atoms with van der Waals surface area (Å²) in [5.74, 6) is 0. The van der Waals surface area contributed by atoms with Gasteiger partial charge in [0.15, 0.2) is 0 Å². The fourth-order valence-corrected chi connectivity index (χ4v) is 7.36. The van der Waals surface area contributed by atoms with Crippen LogP contribution in [0.5, 0.6) is 0 Å². The van der Waals surface area contributed by atoms with Gasteiger partial charge < -0.3 is 0 Å². The van der Waals surface area contributed by atoms with E-state index in [2.05, 4.69) is 133 Å². The SMILES string of the molecule is Cc1c2c(-c3cccc(-c4cccnc4)c3)nc3ccccc3c2c(C)c2c(-c3cccc(-c4cccnc4)c3)nc3ccccc3c12. The van der Waals surface area contributed by atoms with Crippen LogP contribution in [0, 0.1) is 13.8 Å². The van der Waals surface area contributed by atoms with Crippen LogP contribution in [0.15, 0.2) is 146 Å². The third-order valence-corrected chi connectivity index (χ3v) is 9.55. The zero-order chi connectivity index (χ0) is 32.2. The van der Waals surface area contributed by atoms with Crippen molar-refractivity contribution in [3.63, 3.8) is 0 Å². The van der Waals surface area contributed by atoms with E-state index >= 15 is 0 Å². The Morgan fingerprint density at radius 2 is 0.792 bits per heavy atom. The maximum atomic E-state index is 5.39. The van der Waals surface area contributed by atoms with Gasteiger partial charge in [-0.15, -0.1) is 0 Å². The molecule has 4 aromatic heterocycles. The predicted octanol–water partition coefficient (Wildman–Crippen LogP) is 11.2. The summed E-state index contributed by atoms with van der Waals surface area (Å²) in [6, 6.07) is 42.6. The molecule has 48 heavy (non-hydrogen) atoms. The Morgan fingerprint density at radius 1 is 0.375 bits per heavy atom. The van der Waals surface area contributed by atoms with E-state index in [4.69, 9.17) is 9.97 Å². The summed E-state index contributed by atoms with van der Waals surface area (Å²) in [6.07, 6.45) is 7.45. The molecule has 226 valence electrons. The molecule has 0 saturated heterocycles. The average molecular weight is 615 g/mol. The summed E-state index contributed by atoms with van der Waals surface area (Å²) in [7, 11) is 0. The predicted molar refractivity (Wildman–Crippen MR) is 199 cm³/mol. The number of hydrogen-bond acceptors (Lipinski definition) is 4. The second-order valence-electron chi connectivity index (χ2n) is 12.4. The van der Waals surface area contributed by atoms with Crippen LogP contribution in [0.1, 0.15) is 11.1 Å². The van der Waals surface area contributed by atoms with Crippen molar-refractivity contribution in [3.05, 3.63) is 157 Å². The lowest BCUT2D eigenvalue weighted by Crippen LogP contribution is -1.99. The lowest BCUT2D eigenvalue weighted by molar-refractivity contribution is 1.33. The first-order valence-corrected chi connectivity index (χ1v) is 16.2. The number of hydrogen-bond donors (Lipinski definition) is 0. The Balaban J connectivity index is 1.42. The smallest absolute Gasteiger partial charge is 0.0791 e. The van der Waals surface area contributed by atoms with Crippen molar-refractivity contribution < 1.29 is 0 Å². The Kier molecular flexibility index (Phi) is 6.54. The first-order valence-electron chi connectivity index (χ1n) is 16.2. The molecule has 9 rings (SSSR count). The van der Waals surface area contributed by atoms with E-state index in [1.165, 1.54) is 32.7 Å². The molecule has 0 aliphatic rings. The highest BCUT2D eigenvalue weighted by Crippen LogP contribution is 2.45. The number of aryl methyl sites for hydroxylation is 2. The van der Waals surface area contributed by atoms with Crippen molar-refractivity contribution in [2.24, 2.45) is 0 Å². The molecular formula is C44H30N4. The maximum Gasteiger partial charge on any atom is 0.0791 e. The standard InChI is InChI=1S/C44H30N4/c1-27-39-35-17-3-5-19-37(35)48-44(32-14-8-12-30(24-32)34-16-10-22-46-26-34)42(39)28(2)40-36-18-4-6-20-38(36)47-43(41(27)40)31-13-7-11-29(23-31)33-15-9-21-45-25-33/h3-26H,1-2H3. The normalized spacial score (nSPS) is 11.5. The lowest BCUT2D eigenvalue weighted by Gasteiger charge is -2.21. The average Bonchev–Trinajstić information content (AvgIpc) is 3.16. The van der Waals surface area contributed by atoms with Gasteiger partial charge in [-0.3, -0.25) is 9.97 Å². The van der Waals surface area contributed by atoms with Crippen molar-refractivity contribution >= 4 is 43.4 Å². The number of pyridine rings is 4. The monoisotopic (exact) mass is 614 g/mol. The van der Waals surface area contributed by atoms with E-state index in [1.807, 2.05) is 36.9 Å². The molecule has 0 unspecified atom stereocenters. The van der Waals surface area contributed by atoms with Crippen LogP contribution >= 0.6 is 0 Å². The van der Waals surface area contributed by atoms with Crippen molar-refractivity contribution in [3.8, 4) is 44.8 Å². The fourth-order valence-electron chi connectivity index (χ4n) is 7.36. The molecule has 0 radical (unpaired) electrons. The van der Waals surface area contributed by atoms with Gasteiger partial charge in [0, 0.05) is 68.6 Å². The van der Waals surface area contributed by atoms with E-state index in [-0.39, 0.29) is 0 Å². The summed E-state index contributed by atoms with van der Waals surface area (Å²) < 4.78 is 0. The molecule has 0 atom stereocenters. The highest BCUT2D eigenvalue weighted by molar-refractivity contribution is 6.25. The van der Waals surface area contributed by atoms with Gasteiger partial charge in [0.25, 0.3) is 0 Å². The quantitative estimate of drug-likeness (QED) is 0.146. The molecule has 4 nitrogen and oxygen atoms in total. The second-order valence-corrected chi connectivity index (χ2v) is 12.4. The van der Waals surface area contributed by atoms with Crippen LogP contribution in [-0.2, 0) is 0 Å². The van der Waals surface area contributed by atoms with Gasteiger partial charge in [0.1, 0.15) is 0 Å². The summed E-state index contributed by atoms with van der Waals surface area (Å²) >= 11 is 0.